The van der Waals surface area contributed by atoms with Gasteiger partial charge in [0.25, 0.3) is 0 Å². The van der Waals surface area contributed by atoms with E-state index in [1.165, 1.54) is 18.0 Å². The monoisotopic (exact) mass is 478 g/mol. The Labute approximate surface area is 180 Å². The molecule has 0 unspecified atom stereocenters. The van der Waals surface area contributed by atoms with E-state index in [9.17, 15) is 4.79 Å². The Kier molecular flexibility index (Phi) is 7.19. The van der Waals surface area contributed by atoms with Gasteiger partial charge >= 0.3 is 0 Å². The molecule has 0 saturated heterocycles. The van der Waals surface area contributed by atoms with Crippen LogP contribution in [0.2, 0.25) is 5.02 Å². The molecule has 3 aromatic rings. The molecule has 5 nitrogen and oxygen atoms in total. The summed E-state index contributed by atoms with van der Waals surface area (Å²) in [6, 6.07) is 16.6. The quantitative estimate of drug-likeness (QED) is 0.356. The molecule has 1 aromatic heterocycles. The molecule has 1 N–H and O–H groups in total. The molecule has 0 bridgehead atoms. The van der Waals surface area contributed by atoms with E-state index in [-0.39, 0.29) is 12.3 Å². The van der Waals surface area contributed by atoms with E-state index in [0.29, 0.717) is 15.9 Å². The van der Waals surface area contributed by atoms with Gasteiger partial charge in [0.15, 0.2) is 5.09 Å². The van der Waals surface area contributed by atoms with Crippen LogP contribution >= 0.6 is 39.3 Å². The highest BCUT2D eigenvalue weighted by atomic mass is 79.9. The van der Waals surface area contributed by atoms with E-state index in [1.807, 2.05) is 48.5 Å². The van der Waals surface area contributed by atoms with Crippen LogP contribution in [0.1, 0.15) is 11.3 Å². The van der Waals surface area contributed by atoms with E-state index in [1.54, 1.807) is 13.2 Å². The van der Waals surface area contributed by atoms with Gasteiger partial charge in [0, 0.05) is 16.0 Å². The van der Waals surface area contributed by atoms with Gasteiger partial charge in [-0.15, -0.1) is 0 Å². The van der Waals surface area contributed by atoms with Crippen molar-refractivity contribution in [1.29, 1.82) is 0 Å². The minimum atomic E-state index is -0.220. The fraction of sp³-hybridized carbons (Fsp3) is 0.100. The Hall–Kier alpha value is -2.22. The molecule has 28 heavy (non-hydrogen) atoms. The van der Waals surface area contributed by atoms with Crippen LogP contribution in [-0.2, 0) is 11.2 Å². The van der Waals surface area contributed by atoms with E-state index in [2.05, 4.69) is 26.5 Å². The zero-order valence-corrected chi connectivity index (χ0v) is 18.0. The van der Waals surface area contributed by atoms with Crippen LogP contribution in [0.3, 0.4) is 0 Å². The van der Waals surface area contributed by atoms with Gasteiger partial charge in [0.2, 0.25) is 5.91 Å². The molecule has 0 fully saturated rings. The number of halogens is 2. The summed E-state index contributed by atoms with van der Waals surface area (Å²) >= 11 is 10.8. The van der Waals surface area contributed by atoms with Crippen molar-refractivity contribution < 1.29 is 13.9 Å². The zero-order valence-electron chi connectivity index (χ0n) is 14.8. The highest BCUT2D eigenvalue weighted by molar-refractivity contribution is 9.10. The first-order valence-electron chi connectivity index (χ1n) is 8.21. The van der Waals surface area contributed by atoms with Crippen LogP contribution in [0.5, 0.6) is 5.75 Å². The van der Waals surface area contributed by atoms with E-state index >= 15 is 0 Å². The Morgan fingerprint density at radius 3 is 2.64 bits per heavy atom. The summed E-state index contributed by atoms with van der Waals surface area (Å²) in [5, 5.41) is 5.32. The number of carbonyl (C=O) groups excluding carboxylic acids is 1. The summed E-state index contributed by atoms with van der Waals surface area (Å²) in [7, 11) is 1.60. The number of benzene rings is 2. The van der Waals surface area contributed by atoms with Crippen molar-refractivity contribution in [1.82, 2.24) is 5.43 Å². The molecule has 3 rings (SSSR count). The first-order chi connectivity index (χ1) is 13.5. The van der Waals surface area contributed by atoms with Crippen LogP contribution in [0.15, 0.2) is 78.6 Å². The standard InChI is InChI=1S/C20H16BrClN2O3S/c1-26-15-6-2-13(3-7-15)10-19(25)24-23-12-16-11-18(21)20(27-16)28-17-8-4-14(22)5-9-17/h2-9,11-12H,10H2,1H3,(H,24,25)/b23-12+. The predicted molar refractivity (Wildman–Crippen MR) is 114 cm³/mol. The minimum Gasteiger partial charge on any atom is -0.497 e. The molecule has 0 aliphatic heterocycles. The molecule has 1 heterocycles. The first kappa shape index (κ1) is 20.5. The number of nitrogens with one attached hydrogen (secondary N) is 1. The molecule has 0 atom stereocenters. The molecule has 0 aliphatic rings. The lowest BCUT2D eigenvalue weighted by Gasteiger charge is -2.02. The fourth-order valence-corrected chi connectivity index (χ4v) is 3.70. The van der Waals surface area contributed by atoms with Crippen LogP contribution in [-0.4, -0.2) is 19.2 Å². The normalized spacial score (nSPS) is 11.0. The van der Waals surface area contributed by atoms with Crippen molar-refractivity contribution >= 4 is 51.4 Å². The number of amides is 1. The van der Waals surface area contributed by atoms with Crippen molar-refractivity contribution in [2.75, 3.05) is 7.11 Å². The summed E-state index contributed by atoms with van der Waals surface area (Å²) < 4.78 is 11.6. The van der Waals surface area contributed by atoms with Crippen molar-refractivity contribution in [3.63, 3.8) is 0 Å². The van der Waals surface area contributed by atoms with Crippen molar-refractivity contribution in [2.24, 2.45) is 5.10 Å². The summed E-state index contributed by atoms with van der Waals surface area (Å²) in [5.74, 6) is 1.05. The maximum absolute atomic E-state index is 12.0. The van der Waals surface area contributed by atoms with Crippen LogP contribution in [0, 0.1) is 0 Å². The van der Waals surface area contributed by atoms with Gasteiger partial charge in [-0.2, -0.15) is 5.10 Å². The van der Waals surface area contributed by atoms with Gasteiger partial charge in [-0.05, 0) is 57.9 Å². The van der Waals surface area contributed by atoms with Crippen molar-refractivity contribution in [3.8, 4) is 5.75 Å². The largest absolute Gasteiger partial charge is 0.497 e. The number of methoxy groups -OCH3 is 1. The predicted octanol–water partition coefficient (Wildman–Crippen LogP) is 5.55. The second-order valence-electron chi connectivity index (χ2n) is 5.66. The van der Waals surface area contributed by atoms with E-state index in [4.69, 9.17) is 20.8 Å². The van der Waals surface area contributed by atoms with Crippen LogP contribution in [0.25, 0.3) is 0 Å². The topological polar surface area (TPSA) is 63.8 Å². The first-order valence-corrected chi connectivity index (χ1v) is 10.2. The number of furan rings is 1. The summed E-state index contributed by atoms with van der Waals surface area (Å²) in [6.07, 6.45) is 1.68. The number of hydrogen-bond donors (Lipinski definition) is 1. The summed E-state index contributed by atoms with van der Waals surface area (Å²) in [6.45, 7) is 0. The molecule has 0 radical (unpaired) electrons. The molecule has 0 spiro atoms. The fourth-order valence-electron chi connectivity index (χ4n) is 2.25. The smallest absolute Gasteiger partial charge is 0.244 e. The van der Waals surface area contributed by atoms with Gasteiger partial charge in [-0.1, -0.05) is 35.5 Å². The lowest BCUT2D eigenvalue weighted by Crippen LogP contribution is -2.19. The molecule has 0 saturated carbocycles. The third-order valence-electron chi connectivity index (χ3n) is 3.60. The molecule has 2 aromatic carbocycles. The Morgan fingerprint density at radius 2 is 1.96 bits per heavy atom. The number of ether oxygens (including phenoxy) is 1. The summed E-state index contributed by atoms with van der Waals surface area (Å²) in [4.78, 5) is 13.0. The molecular formula is C20H16BrClN2O3S. The van der Waals surface area contributed by atoms with Gasteiger partial charge in [-0.25, -0.2) is 5.43 Å². The van der Waals surface area contributed by atoms with Crippen LogP contribution < -0.4 is 10.2 Å². The number of rotatable bonds is 7. The van der Waals surface area contributed by atoms with Gasteiger partial charge < -0.3 is 9.15 Å². The molecule has 8 heteroatoms. The molecule has 0 aliphatic carbocycles. The average molecular weight is 480 g/mol. The van der Waals surface area contributed by atoms with Gasteiger partial charge in [0.05, 0.1) is 24.2 Å². The third kappa shape index (κ3) is 5.89. The SMILES string of the molecule is COc1ccc(CC(=O)N/N=C/c2cc(Br)c(Sc3ccc(Cl)cc3)o2)cc1. The lowest BCUT2D eigenvalue weighted by atomic mass is 10.1. The second kappa shape index (κ2) is 9.82. The Balaban J connectivity index is 1.55. The third-order valence-corrected chi connectivity index (χ3v) is 5.70. The average Bonchev–Trinajstić information content (AvgIpc) is 3.03. The van der Waals surface area contributed by atoms with Crippen molar-refractivity contribution in [2.45, 2.75) is 16.4 Å². The van der Waals surface area contributed by atoms with Crippen LogP contribution in [0.4, 0.5) is 0 Å². The maximum atomic E-state index is 12.0. The van der Waals surface area contributed by atoms with E-state index < -0.39 is 0 Å². The summed E-state index contributed by atoms with van der Waals surface area (Å²) in [5.41, 5.74) is 3.37. The minimum absolute atomic E-state index is 0.220. The Bertz CT molecular complexity index is 972. The van der Waals surface area contributed by atoms with Crippen molar-refractivity contribution in [3.05, 3.63) is 75.4 Å². The van der Waals surface area contributed by atoms with Gasteiger partial charge in [-0.3, -0.25) is 4.79 Å². The highest BCUT2D eigenvalue weighted by Crippen LogP contribution is 2.35. The number of hydrazone groups is 1. The maximum Gasteiger partial charge on any atom is 0.244 e. The second-order valence-corrected chi connectivity index (χ2v) is 8.00. The zero-order chi connectivity index (χ0) is 19.9. The number of hydrogen-bond acceptors (Lipinski definition) is 5. The highest BCUT2D eigenvalue weighted by Gasteiger charge is 2.10. The van der Waals surface area contributed by atoms with E-state index in [0.717, 1.165) is 20.7 Å². The van der Waals surface area contributed by atoms with Gasteiger partial charge in [0.1, 0.15) is 11.5 Å². The lowest BCUT2D eigenvalue weighted by molar-refractivity contribution is -0.120. The Morgan fingerprint density at radius 1 is 1.25 bits per heavy atom. The molecular weight excluding hydrogens is 464 g/mol. The molecule has 1 amide bonds. The number of carbonyl (C=O) groups is 1. The number of nitrogens with zero attached hydrogens (tertiary/aromatic N) is 1. The molecule has 144 valence electrons.